The van der Waals surface area contributed by atoms with Gasteiger partial charge in [0.1, 0.15) is 0 Å². The first-order valence-electron chi connectivity index (χ1n) is 6.56. The summed E-state index contributed by atoms with van der Waals surface area (Å²) in [6, 6.07) is 0. The molecule has 0 bridgehead atoms. The Balaban J connectivity index is 1.98. The second kappa shape index (κ2) is 5.10. The number of rotatable bonds is 5. The van der Waals surface area contributed by atoms with Crippen LogP contribution in [0.5, 0.6) is 0 Å². The maximum absolute atomic E-state index is 11.4. The Kier molecular flexibility index (Phi) is 3.71. The lowest BCUT2D eigenvalue weighted by molar-refractivity contribution is -0.148. The van der Waals surface area contributed by atoms with E-state index in [1.165, 1.54) is 0 Å². The van der Waals surface area contributed by atoms with E-state index in [2.05, 4.69) is 16.9 Å². The van der Waals surface area contributed by atoms with Crippen molar-refractivity contribution in [1.29, 1.82) is 0 Å². The number of likely N-dealkylation sites (tertiary alicyclic amines) is 1. The Morgan fingerprint density at radius 1 is 1.56 bits per heavy atom. The third-order valence-electron chi connectivity index (χ3n) is 3.98. The largest absolute Gasteiger partial charge is 0.481 e. The van der Waals surface area contributed by atoms with Crippen molar-refractivity contribution in [2.45, 2.75) is 39.8 Å². The Labute approximate surface area is 107 Å². The van der Waals surface area contributed by atoms with Crippen LogP contribution < -0.4 is 0 Å². The lowest BCUT2D eigenvalue weighted by Gasteiger charge is -2.22. The van der Waals surface area contributed by atoms with Gasteiger partial charge in [-0.2, -0.15) is 5.10 Å². The molecule has 0 amide bonds. The summed E-state index contributed by atoms with van der Waals surface area (Å²) in [6.45, 7) is 7.20. The van der Waals surface area contributed by atoms with Crippen molar-refractivity contribution in [1.82, 2.24) is 14.7 Å². The normalized spacial score (nSPS) is 24.6. The molecule has 0 aromatic carbocycles. The van der Waals surface area contributed by atoms with Crippen molar-refractivity contribution < 1.29 is 9.90 Å². The molecule has 100 valence electrons. The molecule has 0 spiro atoms. The predicted molar refractivity (Wildman–Crippen MR) is 68.2 cm³/mol. The lowest BCUT2D eigenvalue weighted by atomic mass is 9.84. The second-order valence-electron chi connectivity index (χ2n) is 5.10. The van der Waals surface area contributed by atoms with Gasteiger partial charge in [-0.1, -0.05) is 6.92 Å². The Morgan fingerprint density at radius 2 is 2.33 bits per heavy atom. The zero-order chi connectivity index (χ0) is 13.2. The van der Waals surface area contributed by atoms with E-state index in [4.69, 9.17) is 0 Å². The van der Waals surface area contributed by atoms with E-state index in [1.54, 1.807) is 0 Å². The molecule has 1 aliphatic rings. The average Bonchev–Trinajstić information content (AvgIpc) is 2.97. The highest BCUT2D eigenvalue weighted by Crippen LogP contribution is 2.34. The van der Waals surface area contributed by atoms with Gasteiger partial charge in [0.25, 0.3) is 0 Å². The number of nitrogens with zero attached hydrogens (tertiary/aromatic N) is 3. The standard InChI is InChI=1S/C13H21N3O2/c1-3-13(12(17)18)5-6-15(10-13)8-11-7-14-16(4-2)9-11/h7,9H,3-6,8,10H2,1-2H3,(H,17,18). The molecule has 1 fully saturated rings. The molecule has 0 radical (unpaired) electrons. The van der Waals surface area contributed by atoms with Crippen LogP contribution in [0.1, 0.15) is 32.3 Å². The molecule has 1 aliphatic heterocycles. The second-order valence-corrected chi connectivity index (χ2v) is 5.10. The number of carboxylic acid groups (broad SMARTS) is 1. The van der Waals surface area contributed by atoms with Crippen molar-refractivity contribution in [3.63, 3.8) is 0 Å². The molecule has 1 N–H and O–H groups in total. The highest BCUT2D eigenvalue weighted by molar-refractivity contribution is 5.75. The van der Waals surface area contributed by atoms with E-state index in [1.807, 2.05) is 24.0 Å². The smallest absolute Gasteiger partial charge is 0.310 e. The van der Waals surface area contributed by atoms with Crippen molar-refractivity contribution in [2.24, 2.45) is 5.41 Å². The Hall–Kier alpha value is -1.36. The van der Waals surface area contributed by atoms with Crippen molar-refractivity contribution in [2.75, 3.05) is 13.1 Å². The van der Waals surface area contributed by atoms with Gasteiger partial charge in [-0.05, 0) is 26.3 Å². The highest BCUT2D eigenvalue weighted by atomic mass is 16.4. The summed E-state index contributed by atoms with van der Waals surface area (Å²) in [4.78, 5) is 13.6. The summed E-state index contributed by atoms with van der Waals surface area (Å²) < 4.78 is 1.90. The van der Waals surface area contributed by atoms with E-state index in [0.29, 0.717) is 13.0 Å². The Bertz CT molecular complexity index is 430. The summed E-state index contributed by atoms with van der Waals surface area (Å²) >= 11 is 0. The number of aryl methyl sites for hydroxylation is 1. The molecule has 0 saturated carbocycles. The molecule has 5 nitrogen and oxygen atoms in total. The lowest BCUT2D eigenvalue weighted by Crippen LogP contribution is -2.33. The fourth-order valence-electron chi connectivity index (χ4n) is 2.63. The monoisotopic (exact) mass is 251 g/mol. The number of hydrogen-bond acceptors (Lipinski definition) is 3. The van der Waals surface area contributed by atoms with Crippen LogP contribution in [0, 0.1) is 5.41 Å². The van der Waals surface area contributed by atoms with Gasteiger partial charge in [-0.25, -0.2) is 0 Å². The summed E-state index contributed by atoms with van der Waals surface area (Å²) in [5.74, 6) is -0.656. The number of carboxylic acids is 1. The fraction of sp³-hybridized carbons (Fsp3) is 0.692. The molecule has 5 heteroatoms. The van der Waals surface area contributed by atoms with Crippen molar-refractivity contribution >= 4 is 5.97 Å². The minimum absolute atomic E-state index is 0.541. The molecule has 1 aromatic rings. The molecule has 1 unspecified atom stereocenters. The molecular weight excluding hydrogens is 230 g/mol. The predicted octanol–water partition coefficient (Wildman–Crippen LogP) is 1.59. The first kappa shape index (κ1) is 13.1. The third-order valence-corrected chi connectivity index (χ3v) is 3.98. The molecule has 0 aliphatic carbocycles. The molecule has 2 rings (SSSR count). The first-order chi connectivity index (χ1) is 8.59. The minimum atomic E-state index is -0.656. The van der Waals surface area contributed by atoms with Crippen molar-refractivity contribution in [3.05, 3.63) is 18.0 Å². The van der Waals surface area contributed by atoms with Gasteiger partial charge in [-0.15, -0.1) is 0 Å². The van der Waals surface area contributed by atoms with Crippen LogP contribution in [0.25, 0.3) is 0 Å². The summed E-state index contributed by atoms with van der Waals surface area (Å²) in [5, 5.41) is 13.6. The minimum Gasteiger partial charge on any atom is -0.481 e. The fourth-order valence-corrected chi connectivity index (χ4v) is 2.63. The summed E-state index contributed by atoms with van der Waals surface area (Å²) in [7, 11) is 0. The van der Waals surface area contributed by atoms with Gasteiger partial charge in [0.15, 0.2) is 0 Å². The van der Waals surface area contributed by atoms with Crippen LogP contribution in [0.2, 0.25) is 0 Å². The SMILES string of the molecule is CCn1cc(CN2CCC(CC)(C(=O)O)C2)cn1. The molecule has 1 aromatic heterocycles. The van der Waals surface area contributed by atoms with Crippen molar-refractivity contribution in [3.8, 4) is 0 Å². The number of aromatic nitrogens is 2. The van der Waals surface area contributed by atoms with Crippen LogP contribution in [0.4, 0.5) is 0 Å². The highest BCUT2D eigenvalue weighted by Gasteiger charge is 2.43. The molecule has 2 heterocycles. The van der Waals surface area contributed by atoms with Crippen LogP contribution in [0.3, 0.4) is 0 Å². The van der Waals surface area contributed by atoms with E-state index >= 15 is 0 Å². The quantitative estimate of drug-likeness (QED) is 0.863. The average molecular weight is 251 g/mol. The zero-order valence-corrected chi connectivity index (χ0v) is 11.1. The molecule has 1 atom stereocenters. The van der Waals surface area contributed by atoms with Gasteiger partial charge in [0.2, 0.25) is 0 Å². The summed E-state index contributed by atoms with van der Waals surface area (Å²) in [5.41, 5.74) is 0.620. The maximum Gasteiger partial charge on any atom is 0.310 e. The van der Waals surface area contributed by atoms with E-state index < -0.39 is 11.4 Å². The maximum atomic E-state index is 11.4. The van der Waals surface area contributed by atoms with Crippen LogP contribution in [-0.4, -0.2) is 38.8 Å². The number of aliphatic carboxylic acids is 1. The van der Waals surface area contributed by atoms with Crippen LogP contribution in [0.15, 0.2) is 12.4 Å². The van der Waals surface area contributed by atoms with E-state index in [9.17, 15) is 9.90 Å². The van der Waals surface area contributed by atoms with Gasteiger partial charge < -0.3 is 5.11 Å². The number of carbonyl (C=O) groups is 1. The van der Waals surface area contributed by atoms with E-state index in [0.717, 1.165) is 31.6 Å². The van der Waals surface area contributed by atoms with Gasteiger partial charge in [0.05, 0.1) is 11.6 Å². The topological polar surface area (TPSA) is 58.4 Å². The van der Waals surface area contributed by atoms with Gasteiger partial charge in [0, 0.05) is 31.4 Å². The van der Waals surface area contributed by atoms with Crippen LogP contribution >= 0.6 is 0 Å². The molecule has 1 saturated heterocycles. The van der Waals surface area contributed by atoms with Crippen LogP contribution in [-0.2, 0) is 17.9 Å². The summed E-state index contributed by atoms with van der Waals surface area (Å²) in [6.07, 6.45) is 5.36. The molecular formula is C13H21N3O2. The van der Waals surface area contributed by atoms with E-state index in [-0.39, 0.29) is 0 Å². The van der Waals surface area contributed by atoms with Gasteiger partial charge in [-0.3, -0.25) is 14.4 Å². The zero-order valence-electron chi connectivity index (χ0n) is 11.1. The first-order valence-corrected chi connectivity index (χ1v) is 6.56. The Morgan fingerprint density at radius 3 is 2.83 bits per heavy atom. The third kappa shape index (κ3) is 2.41. The number of hydrogen-bond donors (Lipinski definition) is 1. The molecule has 18 heavy (non-hydrogen) atoms. The van der Waals surface area contributed by atoms with Gasteiger partial charge >= 0.3 is 5.97 Å².